The highest BCUT2D eigenvalue weighted by molar-refractivity contribution is 5.95. The van der Waals surface area contributed by atoms with Crippen molar-refractivity contribution in [1.82, 2.24) is 0 Å². The standard InChI is InChI=1S/C13H16F2O3/c1-4-17-10-6-9(8(3)16)7-11(18-5-2)12(10)13(14)15/h6-7,13H,4-5H2,1-3H3. The number of rotatable bonds is 6. The van der Waals surface area contributed by atoms with Gasteiger partial charge >= 0.3 is 0 Å². The van der Waals surface area contributed by atoms with Crippen molar-refractivity contribution >= 4 is 5.78 Å². The van der Waals surface area contributed by atoms with Crippen LogP contribution in [0, 0.1) is 0 Å². The fourth-order valence-corrected chi connectivity index (χ4v) is 1.57. The van der Waals surface area contributed by atoms with E-state index in [9.17, 15) is 13.6 Å². The van der Waals surface area contributed by atoms with Gasteiger partial charge in [0.1, 0.15) is 17.1 Å². The van der Waals surface area contributed by atoms with Crippen molar-refractivity contribution in [3.63, 3.8) is 0 Å². The number of Topliss-reactive ketones (excluding diaryl/α,β-unsaturated/α-hetero) is 1. The quantitative estimate of drug-likeness (QED) is 0.731. The van der Waals surface area contributed by atoms with Crippen LogP contribution in [0.2, 0.25) is 0 Å². The van der Waals surface area contributed by atoms with Crippen LogP contribution < -0.4 is 9.47 Å². The molecule has 0 saturated carbocycles. The molecule has 0 radical (unpaired) electrons. The molecule has 0 aliphatic rings. The van der Waals surface area contributed by atoms with E-state index in [1.165, 1.54) is 19.1 Å². The molecule has 0 N–H and O–H groups in total. The van der Waals surface area contributed by atoms with E-state index < -0.39 is 6.43 Å². The third kappa shape index (κ3) is 3.18. The number of halogens is 2. The molecule has 0 heterocycles. The molecule has 0 amide bonds. The van der Waals surface area contributed by atoms with Crippen molar-refractivity contribution in [2.24, 2.45) is 0 Å². The molecular weight excluding hydrogens is 242 g/mol. The lowest BCUT2D eigenvalue weighted by Crippen LogP contribution is -2.05. The van der Waals surface area contributed by atoms with Gasteiger partial charge in [-0.25, -0.2) is 8.78 Å². The fourth-order valence-electron chi connectivity index (χ4n) is 1.57. The molecule has 0 aliphatic heterocycles. The molecule has 0 spiro atoms. The molecule has 0 saturated heterocycles. The molecule has 1 aromatic rings. The van der Waals surface area contributed by atoms with Crippen LogP contribution in [0.25, 0.3) is 0 Å². The number of ether oxygens (including phenoxy) is 2. The first-order valence-electron chi connectivity index (χ1n) is 5.73. The van der Waals surface area contributed by atoms with E-state index >= 15 is 0 Å². The van der Waals surface area contributed by atoms with Gasteiger partial charge in [0.15, 0.2) is 5.78 Å². The third-order valence-electron chi connectivity index (χ3n) is 2.33. The second-order valence-corrected chi connectivity index (χ2v) is 3.61. The van der Waals surface area contributed by atoms with Gasteiger partial charge in [-0.05, 0) is 32.9 Å². The van der Waals surface area contributed by atoms with E-state index in [4.69, 9.17) is 9.47 Å². The molecule has 18 heavy (non-hydrogen) atoms. The molecule has 1 rings (SSSR count). The zero-order valence-electron chi connectivity index (χ0n) is 10.6. The number of carbonyl (C=O) groups is 1. The van der Waals surface area contributed by atoms with Crippen LogP contribution >= 0.6 is 0 Å². The number of hydrogen-bond donors (Lipinski definition) is 0. The Morgan fingerprint density at radius 3 is 1.89 bits per heavy atom. The van der Waals surface area contributed by atoms with Crippen molar-refractivity contribution in [3.05, 3.63) is 23.3 Å². The van der Waals surface area contributed by atoms with Crippen LogP contribution in [0.5, 0.6) is 11.5 Å². The van der Waals surface area contributed by atoms with E-state index in [1.54, 1.807) is 13.8 Å². The van der Waals surface area contributed by atoms with Gasteiger partial charge in [-0.15, -0.1) is 0 Å². The first-order valence-corrected chi connectivity index (χ1v) is 5.73. The first kappa shape index (κ1) is 14.4. The van der Waals surface area contributed by atoms with Crippen LogP contribution in [-0.4, -0.2) is 19.0 Å². The first-order chi connectivity index (χ1) is 8.51. The number of ketones is 1. The lowest BCUT2D eigenvalue weighted by Gasteiger charge is -2.16. The molecule has 0 bridgehead atoms. The Kier molecular flexibility index (Phi) is 5.07. The second-order valence-electron chi connectivity index (χ2n) is 3.61. The predicted octanol–water partition coefficient (Wildman–Crippen LogP) is 3.62. The average molecular weight is 258 g/mol. The summed E-state index contributed by atoms with van der Waals surface area (Å²) in [5.41, 5.74) is -0.00463. The summed E-state index contributed by atoms with van der Waals surface area (Å²) in [4.78, 5) is 11.3. The Bertz CT molecular complexity index is 403. The Morgan fingerprint density at radius 2 is 1.61 bits per heavy atom. The Balaban J connectivity index is 3.38. The van der Waals surface area contributed by atoms with E-state index in [0.717, 1.165) is 0 Å². The van der Waals surface area contributed by atoms with Gasteiger partial charge in [0.25, 0.3) is 6.43 Å². The van der Waals surface area contributed by atoms with Crippen LogP contribution in [0.1, 0.15) is 43.1 Å². The average Bonchev–Trinajstić information content (AvgIpc) is 2.28. The smallest absolute Gasteiger partial charge is 0.271 e. The van der Waals surface area contributed by atoms with Gasteiger partial charge < -0.3 is 9.47 Å². The monoisotopic (exact) mass is 258 g/mol. The van der Waals surface area contributed by atoms with Gasteiger partial charge in [0, 0.05) is 5.56 Å². The molecule has 0 unspecified atom stereocenters. The SMILES string of the molecule is CCOc1cc(C(C)=O)cc(OCC)c1C(F)F. The minimum atomic E-state index is -2.71. The fraction of sp³-hybridized carbons (Fsp3) is 0.462. The molecule has 3 nitrogen and oxygen atoms in total. The minimum absolute atomic E-state index is 0.00338. The second kappa shape index (κ2) is 6.33. The third-order valence-corrected chi connectivity index (χ3v) is 2.33. The van der Waals surface area contributed by atoms with E-state index in [2.05, 4.69) is 0 Å². The lowest BCUT2D eigenvalue weighted by atomic mass is 10.1. The van der Waals surface area contributed by atoms with Crippen LogP contribution in [-0.2, 0) is 0 Å². The van der Waals surface area contributed by atoms with E-state index in [-0.39, 0.29) is 36.1 Å². The van der Waals surface area contributed by atoms with Gasteiger partial charge in [-0.1, -0.05) is 0 Å². The van der Waals surface area contributed by atoms with Crippen molar-refractivity contribution in [3.8, 4) is 11.5 Å². The Morgan fingerprint density at radius 1 is 1.17 bits per heavy atom. The molecule has 100 valence electrons. The highest BCUT2D eigenvalue weighted by Gasteiger charge is 2.22. The van der Waals surface area contributed by atoms with Gasteiger partial charge in [-0.3, -0.25) is 4.79 Å². The zero-order chi connectivity index (χ0) is 13.7. The summed E-state index contributed by atoms with van der Waals surface area (Å²) in [6.07, 6.45) is -2.71. The summed E-state index contributed by atoms with van der Waals surface area (Å²) in [5.74, 6) is -0.218. The summed E-state index contributed by atoms with van der Waals surface area (Å²) in [6, 6.07) is 2.66. The molecule has 0 fully saturated rings. The van der Waals surface area contributed by atoms with Gasteiger partial charge in [0.2, 0.25) is 0 Å². The molecule has 0 aromatic heterocycles. The predicted molar refractivity (Wildman–Crippen MR) is 63.7 cm³/mol. The maximum Gasteiger partial charge on any atom is 0.271 e. The molecule has 5 heteroatoms. The Labute approximate surface area is 105 Å². The number of carbonyl (C=O) groups excluding carboxylic acids is 1. The topological polar surface area (TPSA) is 35.5 Å². The maximum atomic E-state index is 13.0. The van der Waals surface area contributed by atoms with Gasteiger partial charge in [0.05, 0.1) is 13.2 Å². The highest BCUT2D eigenvalue weighted by Crippen LogP contribution is 2.38. The van der Waals surface area contributed by atoms with E-state index in [0.29, 0.717) is 5.56 Å². The maximum absolute atomic E-state index is 13.0. The normalized spacial score (nSPS) is 10.6. The van der Waals surface area contributed by atoms with Crippen molar-refractivity contribution in [1.29, 1.82) is 0 Å². The van der Waals surface area contributed by atoms with Crippen LogP contribution in [0.15, 0.2) is 12.1 Å². The largest absolute Gasteiger partial charge is 0.493 e. The number of alkyl halides is 2. The number of benzene rings is 1. The van der Waals surface area contributed by atoms with Crippen LogP contribution in [0.4, 0.5) is 8.78 Å². The zero-order valence-corrected chi connectivity index (χ0v) is 10.6. The van der Waals surface area contributed by atoms with E-state index in [1.807, 2.05) is 0 Å². The van der Waals surface area contributed by atoms with Crippen molar-refractivity contribution in [2.45, 2.75) is 27.2 Å². The minimum Gasteiger partial charge on any atom is -0.493 e. The molecule has 0 aliphatic carbocycles. The molecule has 0 atom stereocenters. The van der Waals surface area contributed by atoms with Gasteiger partial charge in [-0.2, -0.15) is 0 Å². The highest BCUT2D eigenvalue weighted by atomic mass is 19.3. The summed E-state index contributed by atoms with van der Waals surface area (Å²) >= 11 is 0. The van der Waals surface area contributed by atoms with Crippen molar-refractivity contribution in [2.75, 3.05) is 13.2 Å². The van der Waals surface area contributed by atoms with Crippen molar-refractivity contribution < 1.29 is 23.0 Å². The summed E-state index contributed by atoms with van der Waals surface area (Å²) < 4.78 is 36.4. The summed E-state index contributed by atoms with van der Waals surface area (Å²) in [6.45, 7) is 5.23. The number of hydrogen-bond acceptors (Lipinski definition) is 3. The molecular formula is C13H16F2O3. The summed E-state index contributed by atoms with van der Waals surface area (Å²) in [7, 11) is 0. The lowest BCUT2D eigenvalue weighted by molar-refractivity contribution is 0.101. The molecule has 1 aromatic carbocycles. The van der Waals surface area contributed by atoms with Crippen LogP contribution in [0.3, 0.4) is 0 Å². The Hall–Kier alpha value is -1.65. The summed E-state index contributed by atoms with van der Waals surface area (Å²) in [5, 5.41) is 0.